The molecule has 0 aromatic rings. The molecule has 0 aromatic carbocycles. The molecule has 0 saturated heterocycles. The van der Waals surface area contributed by atoms with Crippen LogP contribution in [0.4, 0.5) is 0 Å². The van der Waals surface area contributed by atoms with Gasteiger partial charge in [0.2, 0.25) is 5.91 Å². The second kappa shape index (κ2) is 4.62. The molecule has 17 heavy (non-hydrogen) atoms. The molecule has 2 saturated carbocycles. The molecule has 0 aliphatic heterocycles. The van der Waals surface area contributed by atoms with Gasteiger partial charge in [-0.05, 0) is 43.9 Å². The van der Waals surface area contributed by atoms with E-state index in [9.17, 15) is 4.79 Å². The molecular formula is C15H27NO. The summed E-state index contributed by atoms with van der Waals surface area (Å²) in [5, 5.41) is 3.33. The molecule has 1 N–H and O–H groups in total. The summed E-state index contributed by atoms with van der Waals surface area (Å²) in [4.78, 5) is 12.5. The molecule has 2 fully saturated rings. The van der Waals surface area contributed by atoms with Gasteiger partial charge in [-0.25, -0.2) is 0 Å². The summed E-state index contributed by atoms with van der Waals surface area (Å²) < 4.78 is 0. The van der Waals surface area contributed by atoms with Crippen LogP contribution in [0.3, 0.4) is 0 Å². The van der Waals surface area contributed by atoms with Gasteiger partial charge < -0.3 is 5.32 Å². The second-order valence-electron chi connectivity index (χ2n) is 6.92. The Hall–Kier alpha value is -0.530. The number of hydrogen-bond donors (Lipinski definition) is 1. The van der Waals surface area contributed by atoms with Crippen LogP contribution in [0.15, 0.2) is 0 Å². The standard InChI is InChI=1S/C15H27NO/c1-4-15(8-5-6-9-15)13(17)16-12-7-10-14(2,3)11-12/h12H,4-11H2,1-3H3,(H,16,17). The highest BCUT2D eigenvalue weighted by molar-refractivity contribution is 5.83. The molecule has 2 heteroatoms. The number of nitrogens with one attached hydrogen (secondary N) is 1. The smallest absolute Gasteiger partial charge is 0.226 e. The zero-order valence-corrected chi connectivity index (χ0v) is 11.6. The second-order valence-corrected chi connectivity index (χ2v) is 6.92. The molecule has 0 spiro atoms. The van der Waals surface area contributed by atoms with Crippen molar-refractivity contribution in [3.05, 3.63) is 0 Å². The summed E-state index contributed by atoms with van der Waals surface area (Å²) in [6.45, 7) is 6.79. The Balaban J connectivity index is 1.93. The van der Waals surface area contributed by atoms with Crippen LogP contribution >= 0.6 is 0 Å². The minimum atomic E-state index is -0.0211. The average Bonchev–Trinajstić information content (AvgIpc) is 2.86. The first kappa shape index (κ1) is 12.9. The van der Waals surface area contributed by atoms with E-state index in [1.54, 1.807) is 0 Å². The summed E-state index contributed by atoms with van der Waals surface area (Å²) in [6, 6.07) is 0.432. The van der Waals surface area contributed by atoms with Crippen LogP contribution in [0.5, 0.6) is 0 Å². The molecule has 1 amide bonds. The Morgan fingerprint density at radius 3 is 2.35 bits per heavy atom. The molecular weight excluding hydrogens is 210 g/mol. The molecule has 0 radical (unpaired) electrons. The number of amides is 1. The van der Waals surface area contributed by atoms with Crippen LogP contribution in [-0.4, -0.2) is 11.9 Å². The lowest BCUT2D eigenvalue weighted by Gasteiger charge is -2.28. The number of carbonyl (C=O) groups is 1. The van der Waals surface area contributed by atoms with Gasteiger partial charge in [0, 0.05) is 11.5 Å². The lowest BCUT2D eigenvalue weighted by atomic mass is 9.82. The van der Waals surface area contributed by atoms with Crippen LogP contribution in [0.25, 0.3) is 0 Å². The highest BCUT2D eigenvalue weighted by atomic mass is 16.2. The Labute approximate surface area is 106 Å². The van der Waals surface area contributed by atoms with E-state index in [-0.39, 0.29) is 5.41 Å². The van der Waals surface area contributed by atoms with E-state index in [0.29, 0.717) is 17.4 Å². The Kier molecular flexibility index (Phi) is 3.51. The normalized spacial score (nSPS) is 30.4. The van der Waals surface area contributed by atoms with Crippen molar-refractivity contribution >= 4 is 5.91 Å². The van der Waals surface area contributed by atoms with E-state index in [4.69, 9.17) is 0 Å². The van der Waals surface area contributed by atoms with Gasteiger partial charge >= 0.3 is 0 Å². The zero-order chi connectivity index (χ0) is 12.5. The first-order chi connectivity index (χ1) is 7.97. The predicted octanol–water partition coefficient (Wildman–Crippen LogP) is 3.65. The van der Waals surface area contributed by atoms with Gasteiger partial charge in [0.15, 0.2) is 0 Å². The van der Waals surface area contributed by atoms with Crippen molar-refractivity contribution in [2.45, 2.75) is 78.2 Å². The summed E-state index contributed by atoms with van der Waals surface area (Å²) in [6.07, 6.45) is 9.24. The fourth-order valence-corrected chi connectivity index (χ4v) is 3.69. The molecule has 2 rings (SSSR count). The minimum absolute atomic E-state index is 0.0211. The van der Waals surface area contributed by atoms with Crippen LogP contribution in [0.2, 0.25) is 0 Å². The minimum Gasteiger partial charge on any atom is -0.353 e. The first-order valence-electron chi connectivity index (χ1n) is 7.28. The maximum absolute atomic E-state index is 12.5. The van der Waals surface area contributed by atoms with E-state index in [1.807, 2.05) is 0 Å². The molecule has 1 atom stereocenters. The quantitative estimate of drug-likeness (QED) is 0.797. The van der Waals surface area contributed by atoms with Crippen LogP contribution in [0, 0.1) is 10.8 Å². The fraction of sp³-hybridized carbons (Fsp3) is 0.933. The van der Waals surface area contributed by atoms with Crippen LogP contribution < -0.4 is 5.32 Å². The summed E-state index contributed by atoms with van der Waals surface area (Å²) in [7, 11) is 0. The van der Waals surface area contributed by atoms with Crippen molar-refractivity contribution in [2.75, 3.05) is 0 Å². The highest BCUT2D eigenvalue weighted by Crippen LogP contribution is 2.42. The van der Waals surface area contributed by atoms with E-state index in [2.05, 4.69) is 26.1 Å². The highest BCUT2D eigenvalue weighted by Gasteiger charge is 2.41. The monoisotopic (exact) mass is 237 g/mol. The topological polar surface area (TPSA) is 29.1 Å². The molecule has 2 nitrogen and oxygen atoms in total. The van der Waals surface area contributed by atoms with E-state index in [1.165, 1.54) is 25.7 Å². The molecule has 0 aromatic heterocycles. The Morgan fingerprint density at radius 1 is 1.24 bits per heavy atom. The van der Waals surface area contributed by atoms with Crippen LogP contribution in [-0.2, 0) is 4.79 Å². The zero-order valence-electron chi connectivity index (χ0n) is 11.6. The van der Waals surface area contributed by atoms with Crippen molar-refractivity contribution in [1.29, 1.82) is 0 Å². The molecule has 98 valence electrons. The lowest BCUT2D eigenvalue weighted by Crippen LogP contribution is -2.43. The average molecular weight is 237 g/mol. The van der Waals surface area contributed by atoms with E-state index in [0.717, 1.165) is 25.7 Å². The maximum Gasteiger partial charge on any atom is 0.226 e. The molecule has 2 aliphatic carbocycles. The third kappa shape index (κ3) is 2.66. The summed E-state index contributed by atoms with van der Waals surface area (Å²) >= 11 is 0. The SMILES string of the molecule is CCC1(C(=O)NC2CCC(C)(C)C2)CCCC1. The van der Waals surface area contributed by atoms with Crippen molar-refractivity contribution in [2.24, 2.45) is 10.8 Å². The fourth-order valence-electron chi connectivity index (χ4n) is 3.69. The molecule has 1 unspecified atom stereocenters. The predicted molar refractivity (Wildman–Crippen MR) is 70.8 cm³/mol. The third-order valence-electron chi connectivity index (χ3n) is 5.02. The van der Waals surface area contributed by atoms with Gasteiger partial charge in [-0.15, -0.1) is 0 Å². The summed E-state index contributed by atoms with van der Waals surface area (Å²) in [5.74, 6) is 0.347. The molecule has 0 heterocycles. The van der Waals surface area contributed by atoms with Gasteiger partial charge in [0.25, 0.3) is 0 Å². The summed E-state index contributed by atoms with van der Waals surface area (Å²) in [5.41, 5.74) is 0.403. The van der Waals surface area contributed by atoms with Crippen molar-refractivity contribution in [3.8, 4) is 0 Å². The first-order valence-corrected chi connectivity index (χ1v) is 7.28. The van der Waals surface area contributed by atoms with Gasteiger partial charge in [-0.2, -0.15) is 0 Å². The Morgan fingerprint density at radius 2 is 1.88 bits per heavy atom. The van der Waals surface area contributed by atoms with Crippen LogP contribution in [0.1, 0.15) is 72.1 Å². The van der Waals surface area contributed by atoms with Crippen molar-refractivity contribution in [3.63, 3.8) is 0 Å². The number of hydrogen-bond acceptors (Lipinski definition) is 1. The lowest BCUT2D eigenvalue weighted by molar-refractivity contribution is -0.131. The maximum atomic E-state index is 12.5. The number of carbonyl (C=O) groups excluding carboxylic acids is 1. The largest absolute Gasteiger partial charge is 0.353 e. The van der Waals surface area contributed by atoms with E-state index >= 15 is 0 Å². The Bertz CT molecular complexity index is 289. The number of rotatable bonds is 3. The van der Waals surface area contributed by atoms with Gasteiger partial charge in [0.05, 0.1) is 0 Å². The van der Waals surface area contributed by atoms with Gasteiger partial charge in [0.1, 0.15) is 0 Å². The molecule has 2 aliphatic rings. The van der Waals surface area contributed by atoms with E-state index < -0.39 is 0 Å². The third-order valence-corrected chi connectivity index (χ3v) is 5.02. The van der Waals surface area contributed by atoms with Crippen molar-refractivity contribution in [1.82, 2.24) is 5.32 Å². The van der Waals surface area contributed by atoms with Gasteiger partial charge in [-0.3, -0.25) is 4.79 Å². The molecule has 0 bridgehead atoms. The van der Waals surface area contributed by atoms with Gasteiger partial charge in [-0.1, -0.05) is 33.6 Å². The van der Waals surface area contributed by atoms with Crippen molar-refractivity contribution < 1.29 is 4.79 Å².